The van der Waals surface area contributed by atoms with Gasteiger partial charge in [0.1, 0.15) is 5.75 Å². The predicted octanol–water partition coefficient (Wildman–Crippen LogP) is 2.64. The van der Waals surface area contributed by atoms with Crippen molar-refractivity contribution in [3.63, 3.8) is 0 Å². The van der Waals surface area contributed by atoms with Crippen LogP contribution in [0.3, 0.4) is 0 Å². The van der Waals surface area contributed by atoms with Crippen LogP contribution in [0.1, 0.15) is 0 Å². The van der Waals surface area contributed by atoms with Crippen LogP contribution in [0.5, 0.6) is 5.75 Å². The van der Waals surface area contributed by atoms with Gasteiger partial charge in [0, 0.05) is 11.6 Å². The van der Waals surface area contributed by atoms with Crippen LogP contribution >= 0.6 is 0 Å². The van der Waals surface area contributed by atoms with Crippen LogP contribution in [-0.4, -0.2) is 39.2 Å². The lowest BCUT2D eigenvalue weighted by atomic mass is 10.0. The molecule has 0 atom stereocenters. The second-order valence-electron chi connectivity index (χ2n) is 4.96. The van der Waals surface area contributed by atoms with Crippen molar-refractivity contribution in [3.05, 3.63) is 48.5 Å². The number of ether oxygens (including phenoxy) is 1. The summed E-state index contributed by atoms with van der Waals surface area (Å²) in [5.74, 6) is 0.806. The van der Waals surface area contributed by atoms with E-state index in [1.165, 1.54) is 0 Å². The molecule has 4 heteroatoms. The van der Waals surface area contributed by atoms with Crippen LogP contribution in [0, 0.1) is 6.07 Å². The Balaban J connectivity index is 2.41. The first-order chi connectivity index (χ1) is 10.2. The number of amides is 1. The van der Waals surface area contributed by atoms with E-state index in [0.29, 0.717) is 6.67 Å². The Morgan fingerprint density at radius 1 is 1.19 bits per heavy atom. The minimum Gasteiger partial charge on any atom is -0.497 e. The number of nitrogens with zero attached hydrogens (tertiary/aromatic N) is 2. The van der Waals surface area contributed by atoms with E-state index < -0.39 is 0 Å². The molecule has 2 aromatic carbocycles. The Bertz CT molecular complexity index is 594. The van der Waals surface area contributed by atoms with Gasteiger partial charge in [-0.15, -0.1) is 0 Å². The zero-order chi connectivity index (χ0) is 15.2. The highest BCUT2D eigenvalue weighted by Crippen LogP contribution is 2.30. The van der Waals surface area contributed by atoms with E-state index in [1.54, 1.807) is 12.0 Å². The standard InChI is InChI=1S/C17H19N2O2/c1-18(2)12-19(13-20)17-7-5-4-6-16(17)14-8-10-15(21-3)11-9-14/h4-6,8-11,13H,12H2,1-3H3. The molecule has 1 amide bonds. The van der Waals surface area contributed by atoms with E-state index in [9.17, 15) is 4.79 Å². The molecule has 0 fully saturated rings. The maximum atomic E-state index is 11.4. The van der Waals surface area contributed by atoms with E-state index in [4.69, 9.17) is 4.74 Å². The van der Waals surface area contributed by atoms with Gasteiger partial charge in [-0.2, -0.15) is 0 Å². The Hall–Kier alpha value is -2.33. The molecular formula is C17H19N2O2. The number of benzene rings is 2. The van der Waals surface area contributed by atoms with E-state index >= 15 is 0 Å². The summed E-state index contributed by atoms with van der Waals surface area (Å²) in [6.07, 6.45) is 0.832. The topological polar surface area (TPSA) is 32.8 Å². The van der Waals surface area contributed by atoms with Gasteiger partial charge < -0.3 is 9.64 Å². The Morgan fingerprint density at radius 3 is 2.48 bits per heavy atom. The molecule has 0 aliphatic carbocycles. The maximum Gasteiger partial charge on any atom is 0.215 e. The molecule has 1 radical (unpaired) electrons. The molecule has 0 bridgehead atoms. The van der Waals surface area contributed by atoms with E-state index in [1.807, 2.05) is 61.5 Å². The largest absolute Gasteiger partial charge is 0.497 e. The molecule has 0 aromatic heterocycles. The number of hydrogen-bond donors (Lipinski definition) is 0. The molecule has 2 rings (SSSR count). The molecule has 109 valence electrons. The SMILES string of the molecule is COc1ccc(-c2ccc[c]c2N(C=O)CN(C)C)cc1. The third-order valence-electron chi connectivity index (χ3n) is 3.08. The number of hydrogen-bond acceptors (Lipinski definition) is 3. The van der Waals surface area contributed by atoms with Gasteiger partial charge in [-0.25, -0.2) is 0 Å². The monoisotopic (exact) mass is 283 g/mol. The van der Waals surface area contributed by atoms with Gasteiger partial charge in [0.25, 0.3) is 0 Å². The zero-order valence-electron chi connectivity index (χ0n) is 12.5. The van der Waals surface area contributed by atoms with Gasteiger partial charge in [0.05, 0.1) is 19.5 Å². The van der Waals surface area contributed by atoms with E-state index in [-0.39, 0.29) is 0 Å². The van der Waals surface area contributed by atoms with Gasteiger partial charge in [0.15, 0.2) is 0 Å². The van der Waals surface area contributed by atoms with Crippen molar-refractivity contribution >= 4 is 12.1 Å². The van der Waals surface area contributed by atoms with Crippen LogP contribution in [0.15, 0.2) is 42.5 Å². The molecule has 0 aliphatic rings. The predicted molar refractivity (Wildman–Crippen MR) is 84.4 cm³/mol. The molecule has 0 N–H and O–H groups in total. The van der Waals surface area contributed by atoms with Gasteiger partial charge in [-0.1, -0.05) is 30.3 Å². The van der Waals surface area contributed by atoms with Crippen molar-refractivity contribution in [1.29, 1.82) is 0 Å². The molecule has 4 nitrogen and oxygen atoms in total. The third kappa shape index (κ3) is 3.61. The molecule has 0 saturated heterocycles. The second-order valence-corrected chi connectivity index (χ2v) is 4.96. The Kier molecular flexibility index (Phi) is 4.95. The lowest BCUT2D eigenvalue weighted by molar-refractivity contribution is -0.107. The van der Waals surface area contributed by atoms with Crippen LogP contribution in [0.4, 0.5) is 5.69 Å². The number of para-hydroxylation sites is 1. The van der Waals surface area contributed by atoms with Gasteiger partial charge in [-0.05, 0) is 31.8 Å². The minimum atomic E-state index is 0.507. The number of rotatable bonds is 6. The fraction of sp³-hybridized carbons (Fsp3) is 0.235. The first kappa shape index (κ1) is 15.1. The van der Waals surface area contributed by atoms with Gasteiger partial charge in [0.2, 0.25) is 6.41 Å². The first-order valence-electron chi connectivity index (χ1n) is 6.67. The summed E-state index contributed by atoms with van der Waals surface area (Å²) in [7, 11) is 5.49. The number of carbonyl (C=O) groups is 1. The molecule has 0 saturated carbocycles. The Morgan fingerprint density at radius 2 is 1.90 bits per heavy atom. The summed E-state index contributed by atoms with van der Waals surface area (Å²) < 4.78 is 5.18. The van der Waals surface area contributed by atoms with Crippen molar-refractivity contribution in [3.8, 4) is 16.9 Å². The zero-order valence-corrected chi connectivity index (χ0v) is 12.5. The third-order valence-corrected chi connectivity index (χ3v) is 3.08. The lowest BCUT2D eigenvalue weighted by Gasteiger charge is -2.24. The van der Waals surface area contributed by atoms with Crippen LogP contribution in [-0.2, 0) is 4.79 Å². The average Bonchev–Trinajstić information content (AvgIpc) is 2.52. The maximum absolute atomic E-state index is 11.4. The molecule has 21 heavy (non-hydrogen) atoms. The normalized spacial score (nSPS) is 10.5. The van der Waals surface area contributed by atoms with Crippen molar-refractivity contribution in [2.75, 3.05) is 32.8 Å². The number of anilines is 1. The fourth-order valence-corrected chi connectivity index (χ4v) is 2.13. The summed E-state index contributed by atoms with van der Waals surface area (Å²) in [5, 5.41) is 0. The van der Waals surface area contributed by atoms with Gasteiger partial charge in [-0.3, -0.25) is 9.69 Å². The van der Waals surface area contributed by atoms with Crippen LogP contribution in [0.25, 0.3) is 11.1 Å². The highest BCUT2D eigenvalue weighted by Gasteiger charge is 2.12. The summed E-state index contributed by atoms with van der Waals surface area (Å²) in [6.45, 7) is 0.507. The molecular weight excluding hydrogens is 264 g/mol. The second kappa shape index (κ2) is 6.90. The van der Waals surface area contributed by atoms with E-state index in [2.05, 4.69) is 6.07 Å². The average molecular weight is 283 g/mol. The quantitative estimate of drug-likeness (QED) is 0.603. The highest BCUT2D eigenvalue weighted by molar-refractivity contribution is 5.86. The minimum absolute atomic E-state index is 0.507. The van der Waals surface area contributed by atoms with E-state index in [0.717, 1.165) is 29.0 Å². The highest BCUT2D eigenvalue weighted by atomic mass is 16.5. The summed E-state index contributed by atoms with van der Waals surface area (Å²) in [6, 6.07) is 16.6. The molecule has 0 unspecified atom stereocenters. The molecule has 0 heterocycles. The van der Waals surface area contributed by atoms with Crippen LogP contribution in [0.2, 0.25) is 0 Å². The van der Waals surface area contributed by atoms with Crippen molar-refractivity contribution < 1.29 is 9.53 Å². The van der Waals surface area contributed by atoms with Crippen LogP contribution < -0.4 is 9.64 Å². The smallest absolute Gasteiger partial charge is 0.215 e. The van der Waals surface area contributed by atoms with Crippen molar-refractivity contribution in [2.45, 2.75) is 0 Å². The van der Waals surface area contributed by atoms with Gasteiger partial charge >= 0.3 is 0 Å². The fourth-order valence-electron chi connectivity index (χ4n) is 2.13. The first-order valence-corrected chi connectivity index (χ1v) is 6.67. The number of methoxy groups -OCH3 is 1. The lowest BCUT2D eigenvalue weighted by Crippen LogP contribution is -2.32. The summed E-state index contributed by atoms with van der Waals surface area (Å²) in [4.78, 5) is 15.0. The summed E-state index contributed by atoms with van der Waals surface area (Å²) >= 11 is 0. The van der Waals surface area contributed by atoms with Crippen molar-refractivity contribution in [2.24, 2.45) is 0 Å². The molecule has 0 spiro atoms. The Labute approximate surface area is 125 Å². The summed E-state index contributed by atoms with van der Waals surface area (Å²) in [5.41, 5.74) is 2.76. The number of carbonyl (C=O) groups excluding carboxylic acids is 1. The van der Waals surface area contributed by atoms with Crippen molar-refractivity contribution in [1.82, 2.24) is 4.90 Å². The molecule has 2 aromatic rings. The molecule has 0 aliphatic heterocycles.